The van der Waals surface area contributed by atoms with E-state index in [1.807, 2.05) is 36.0 Å². The van der Waals surface area contributed by atoms with E-state index in [2.05, 4.69) is 5.32 Å². The molecule has 17 heavy (non-hydrogen) atoms. The van der Waals surface area contributed by atoms with Gasteiger partial charge in [0.05, 0.1) is 25.4 Å². The van der Waals surface area contributed by atoms with Crippen LogP contribution in [0.4, 0.5) is 5.69 Å². The summed E-state index contributed by atoms with van der Waals surface area (Å²) in [5, 5.41) is 12.9. The van der Waals surface area contributed by atoms with E-state index in [9.17, 15) is 5.11 Å². The molecule has 0 saturated carbocycles. The maximum absolute atomic E-state index is 9.50. The summed E-state index contributed by atoms with van der Waals surface area (Å²) in [5.74, 6) is 3.72. The van der Waals surface area contributed by atoms with E-state index in [4.69, 9.17) is 4.74 Å². The molecule has 0 amide bonds. The van der Waals surface area contributed by atoms with Gasteiger partial charge in [-0.1, -0.05) is 12.1 Å². The molecule has 0 aromatic heterocycles. The van der Waals surface area contributed by atoms with Gasteiger partial charge in [-0.3, -0.25) is 0 Å². The zero-order valence-electron chi connectivity index (χ0n) is 10.1. The first-order valence-electron chi connectivity index (χ1n) is 5.93. The summed E-state index contributed by atoms with van der Waals surface area (Å²) in [5.41, 5.74) is 0.964. The van der Waals surface area contributed by atoms with Crippen LogP contribution in [0.5, 0.6) is 5.75 Å². The van der Waals surface area contributed by atoms with Gasteiger partial charge in [0.15, 0.2) is 0 Å². The molecule has 94 valence electrons. The van der Waals surface area contributed by atoms with E-state index in [0.717, 1.165) is 17.2 Å². The minimum Gasteiger partial charge on any atom is -0.495 e. The monoisotopic (exact) mass is 253 g/mol. The molecule has 1 aromatic rings. The van der Waals surface area contributed by atoms with Crippen LogP contribution in [-0.2, 0) is 0 Å². The van der Waals surface area contributed by atoms with Crippen molar-refractivity contribution < 1.29 is 9.84 Å². The summed E-state index contributed by atoms with van der Waals surface area (Å²) in [4.78, 5) is 0. The molecule has 2 N–H and O–H groups in total. The largest absolute Gasteiger partial charge is 0.495 e. The average Bonchev–Trinajstić information content (AvgIpc) is 2.90. The second-order valence-electron chi connectivity index (χ2n) is 4.26. The van der Waals surface area contributed by atoms with Gasteiger partial charge < -0.3 is 15.2 Å². The van der Waals surface area contributed by atoms with Crippen LogP contribution in [0.2, 0.25) is 0 Å². The average molecular weight is 253 g/mol. The highest BCUT2D eigenvalue weighted by Gasteiger charge is 2.25. The standard InChI is InChI=1S/C13H19NO2S/c1-16-13-5-3-2-4-11(13)14-12(8-15)10-6-7-17-9-10/h2-5,10,12,14-15H,6-9H2,1H3. The Balaban J connectivity index is 2.06. The second-order valence-corrected chi connectivity index (χ2v) is 5.41. The predicted molar refractivity (Wildman–Crippen MR) is 72.9 cm³/mol. The molecular weight excluding hydrogens is 234 g/mol. The van der Waals surface area contributed by atoms with Gasteiger partial charge in [0.1, 0.15) is 5.75 Å². The third-order valence-electron chi connectivity index (χ3n) is 3.18. The Morgan fingerprint density at radius 2 is 2.35 bits per heavy atom. The maximum atomic E-state index is 9.50. The van der Waals surface area contributed by atoms with E-state index < -0.39 is 0 Å². The van der Waals surface area contributed by atoms with Crippen molar-refractivity contribution in [2.45, 2.75) is 12.5 Å². The molecule has 1 saturated heterocycles. The minimum absolute atomic E-state index is 0.126. The van der Waals surface area contributed by atoms with Gasteiger partial charge in [-0.25, -0.2) is 0 Å². The molecule has 1 fully saturated rings. The lowest BCUT2D eigenvalue weighted by Gasteiger charge is -2.24. The molecule has 2 rings (SSSR count). The Morgan fingerprint density at radius 1 is 1.53 bits per heavy atom. The van der Waals surface area contributed by atoms with Crippen LogP contribution in [-0.4, -0.2) is 36.4 Å². The Labute approximate surface area is 107 Å². The summed E-state index contributed by atoms with van der Waals surface area (Å²) < 4.78 is 5.30. The van der Waals surface area contributed by atoms with Crippen molar-refractivity contribution in [3.8, 4) is 5.75 Å². The van der Waals surface area contributed by atoms with Crippen LogP contribution in [0, 0.1) is 5.92 Å². The van der Waals surface area contributed by atoms with Crippen LogP contribution < -0.4 is 10.1 Å². The molecule has 0 spiro atoms. The fourth-order valence-corrected chi connectivity index (χ4v) is 3.48. The highest BCUT2D eigenvalue weighted by Crippen LogP contribution is 2.30. The van der Waals surface area contributed by atoms with Crippen molar-refractivity contribution in [1.29, 1.82) is 0 Å². The fraction of sp³-hybridized carbons (Fsp3) is 0.538. The number of hydrogen-bond acceptors (Lipinski definition) is 4. The van der Waals surface area contributed by atoms with E-state index in [1.165, 1.54) is 12.2 Å². The van der Waals surface area contributed by atoms with Crippen LogP contribution in [0.1, 0.15) is 6.42 Å². The number of nitrogens with one attached hydrogen (secondary N) is 1. The van der Waals surface area contributed by atoms with E-state index in [-0.39, 0.29) is 12.6 Å². The van der Waals surface area contributed by atoms with Gasteiger partial charge >= 0.3 is 0 Å². The van der Waals surface area contributed by atoms with Crippen molar-refractivity contribution in [2.75, 3.05) is 30.5 Å². The maximum Gasteiger partial charge on any atom is 0.141 e. The van der Waals surface area contributed by atoms with Gasteiger partial charge in [-0.2, -0.15) is 11.8 Å². The predicted octanol–water partition coefficient (Wildman–Crippen LogP) is 2.22. The normalized spacial score (nSPS) is 21.2. The van der Waals surface area contributed by atoms with Crippen molar-refractivity contribution in [1.82, 2.24) is 0 Å². The van der Waals surface area contributed by atoms with Crippen LogP contribution in [0.15, 0.2) is 24.3 Å². The van der Waals surface area contributed by atoms with Crippen molar-refractivity contribution in [3.05, 3.63) is 24.3 Å². The van der Waals surface area contributed by atoms with Gasteiger partial charge in [0, 0.05) is 0 Å². The third kappa shape index (κ3) is 3.07. The minimum atomic E-state index is 0.126. The van der Waals surface area contributed by atoms with Crippen LogP contribution >= 0.6 is 11.8 Å². The number of thioether (sulfide) groups is 1. The number of hydrogen-bond donors (Lipinski definition) is 2. The molecule has 1 aliphatic rings. The molecule has 3 nitrogen and oxygen atoms in total. The highest BCUT2D eigenvalue weighted by atomic mass is 32.2. The summed E-state index contributed by atoms with van der Waals surface area (Å²) in [6.45, 7) is 0.170. The first-order valence-corrected chi connectivity index (χ1v) is 7.08. The Bertz CT molecular complexity index is 353. The van der Waals surface area contributed by atoms with Crippen LogP contribution in [0.3, 0.4) is 0 Å². The number of benzene rings is 1. The smallest absolute Gasteiger partial charge is 0.141 e. The number of anilines is 1. The molecule has 0 radical (unpaired) electrons. The number of para-hydroxylation sites is 2. The fourth-order valence-electron chi connectivity index (χ4n) is 2.15. The zero-order chi connectivity index (χ0) is 12.1. The highest BCUT2D eigenvalue weighted by molar-refractivity contribution is 7.99. The molecular formula is C13H19NO2S. The molecule has 1 aromatic carbocycles. The number of aliphatic hydroxyl groups is 1. The Morgan fingerprint density at radius 3 is 3.00 bits per heavy atom. The summed E-state index contributed by atoms with van der Waals surface area (Å²) in [7, 11) is 1.67. The molecule has 0 bridgehead atoms. The van der Waals surface area contributed by atoms with Crippen LogP contribution in [0.25, 0.3) is 0 Å². The number of ether oxygens (including phenoxy) is 1. The molecule has 4 heteroatoms. The zero-order valence-corrected chi connectivity index (χ0v) is 10.9. The van der Waals surface area contributed by atoms with Gasteiger partial charge in [0.25, 0.3) is 0 Å². The SMILES string of the molecule is COc1ccccc1NC(CO)C1CCSC1. The number of rotatable bonds is 5. The first-order chi connectivity index (χ1) is 8.35. The van der Waals surface area contributed by atoms with E-state index in [0.29, 0.717) is 5.92 Å². The molecule has 0 aliphatic carbocycles. The van der Waals surface area contributed by atoms with E-state index in [1.54, 1.807) is 7.11 Å². The summed E-state index contributed by atoms with van der Waals surface area (Å²) >= 11 is 1.96. The Hall–Kier alpha value is -0.870. The lowest BCUT2D eigenvalue weighted by Crippen LogP contribution is -2.32. The molecule has 2 atom stereocenters. The number of aliphatic hydroxyl groups excluding tert-OH is 1. The van der Waals surface area contributed by atoms with Gasteiger partial charge in [-0.15, -0.1) is 0 Å². The lowest BCUT2D eigenvalue weighted by atomic mass is 9.99. The van der Waals surface area contributed by atoms with Gasteiger partial charge in [0.2, 0.25) is 0 Å². The molecule has 1 heterocycles. The number of methoxy groups -OCH3 is 1. The van der Waals surface area contributed by atoms with Crippen molar-refractivity contribution in [3.63, 3.8) is 0 Å². The summed E-state index contributed by atoms with van der Waals surface area (Å²) in [6, 6.07) is 7.97. The van der Waals surface area contributed by atoms with Crippen molar-refractivity contribution >= 4 is 17.4 Å². The van der Waals surface area contributed by atoms with Crippen molar-refractivity contribution in [2.24, 2.45) is 5.92 Å². The molecule has 2 unspecified atom stereocenters. The Kier molecular flexibility index (Phi) is 4.57. The molecule has 1 aliphatic heterocycles. The first kappa shape index (κ1) is 12.6. The topological polar surface area (TPSA) is 41.5 Å². The second kappa shape index (κ2) is 6.17. The quantitative estimate of drug-likeness (QED) is 0.844. The summed E-state index contributed by atoms with van der Waals surface area (Å²) in [6.07, 6.45) is 1.18. The lowest BCUT2D eigenvalue weighted by molar-refractivity contribution is 0.245. The third-order valence-corrected chi connectivity index (χ3v) is 4.37. The van der Waals surface area contributed by atoms with E-state index >= 15 is 0 Å². The van der Waals surface area contributed by atoms with Gasteiger partial charge in [-0.05, 0) is 36.0 Å².